The molecule has 1 aliphatic heterocycles. The van der Waals surface area contributed by atoms with Crippen LogP contribution in [0.2, 0.25) is 0 Å². The summed E-state index contributed by atoms with van der Waals surface area (Å²) in [6, 6.07) is 1.89. The van der Waals surface area contributed by atoms with Gasteiger partial charge >= 0.3 is 0 Å². The summed E-state index contributed by atoms with van der Waals surface area (Å²) >= 11 is 0. The smallest absolute Gasteiger partial charge is 0.227 e. The minimum atomic E-state index is 0.139. The summed E-state index contributed by atoms with van der Waals surface area (Å²) in [7, 11) is 1.89. The highest BCUT2D eigenvalue weighted by molar-refractivity contribution is 5.44. The van der Waals surface area contributed by atoms with E-state index >= 15 is 0 Å². The van der Waals surface area contributed by atoms with E-state index in [1.807, 2.05) is 32.4 Å². The third-order valence-corrected chi connectivity index (χ3v) is 5.12. The summed E-state index contributed by atoms with van der Waals surface area (Å²) in [5.41, 5.74) is 2.72. The number of nitrogens with zero attached hydrogens (tertiary/aromatic N) is 5. The Balaban J connectivity index is 1.67. The Morgan fingerprint density at radius 2 is 2.13 bits per heavy atom. The lowest BCUT2D eigenvalue weighted by Crippen LogP contribution is -2.46. The van der Waals surface area contributed by atoms with Crippen LogP contribution in [-0.4, -0.2) is 40.1 Å². The minimum absolute atomic E-state index is 0.139. The molecule has 2 aliphatic rings. The molecule has 0 saturated carbocycles. The van der Waals surface area contributed by atoms with Gasteiger partial charge in [0.1, 0.15) is 11.6 Å². The van der Waals surface area contributed by atoms with Crippen molar-refractivity contribution >= 4 is 11.8 Å². The highest BCUT2D eigenvalue weighted by atomic mass is 15.3. The first-order chi connectivity index (χ1) is 11.2. The number of aryl methyl sites for hydroxylation is 2. The molecule has 6 nitrogen and oxygen atoms in total. The third-order valence-electron chi connectivity index (χ3n) is 5.12. The third kappa shape index (κ3) is 2.42. The summed E-state index contributed by atoms with van der Waals surface area (Å²) in [6.07, 6.45) is 8.42. The van der Waals surface area contributed by atoms with E-state index in [2.05, 4.69) is 25.2 Å². The van der Waals surface area contributed by atoms with E-state index in [-0.39, 0.29) is 5.41 Å². The topological polar surface area (TPSA) is 66.8 Å². The van der Waals surface area contributed by atoms with Gasteiger partial charge in [-0.1, -0.05) is 0 Å². The molecule has 6 heteroatoms. The molecule has 1 N–H and O–H groups in total. The van der Waals surface area contributed by atoms with E-state index in [9.17, 15) is 0 Å². The van der Waals surface area contributed by atoms with Gasteiger partial charge in [0.25, 0.3) is 0 Å². The minimum Gasteiger partial charge on any atom is -0.373 e. The number of hydrogen-bond acceptors (Lipinski definition) is 6. The number of fused-ring (bicyclic) bond motifs is 2. The molecule has 0 aromatic carbocycles. The van der Waals surface area contributed by atoms with Gasteiger partial charge in [0.15, 0.2) is 0 Å². The predicted molar refractivity (Wildman–Crippen MR) is 89.8 cm³/mol. The number of nitrogens with one attached hydrogen (secondary N) is 1. The zero-order chi connectivity index (χ0) is 15.9. The molecule has 120 valence electrons. The maximum atomic E-state index is 4.80. The number of rotatable bonds is 2. The van der Waals surface area contributed by atoms with Gasteiger partial charge in [-0.25, -0.2) is 15.0 Å². The maximum Gasteiger partial charge on any atom is 0.227 e. The van der Waals surface area contributed by atoms with Crippen LogP contribution in [0.4, 0.5) is 11.8 Å². The molecule has 2 aromatic rings. The fourth-order valence-corrected chi connectivity index (χ4v) is 3.97. The first-order valence-electron chi connectivity index (χ1n) is 8.29. The van der Waals surface area contributed by atoms with Crippen LogP contribution in [0.3, 0.4) is 0 Å². The summed E-state index contributed by atoms with van der Waals surface area (Å²) in [5, 5.41) is 3.09. The summed E-state index contributed by atoms with van der Waals surface area (Å²) in [4.78, 5) is 20.6. The fraction of sp³-hybridized carbons (Fsp3) is 0.529. The van der Waals surface area contributed by atoms with Crippen molar-refractivity contribution in [3.05, 3.63) is 35.5 Å². The summed E-state index contributed by atoms with van der Waals surface area (Å²) < 4.78 is 0. The van der Waals surface area contributed by atoms with Gasteiger partial charge in [0.05, 0.1) is 5.69 Å². The quantitative estimate of drug-likeness (QED) is 0.916. The second-order valence-electron chi connectivity index (χ2n) is 6.59. The van der Waals surface area contributed by atoms with Gasteiger partial charge in [-0.15, -0.1) is 0 Å². The molecule has 1 spiro atoms. The van der Waals surface area contributed by atoms with E-state index in [0.29, 0.717) is 0 Å². The molecule has 2 aromatic heterocycles. The molecule has 23 heavy (non-hydrogen) atoms. The number of piperidine rings is 1. The van der Waals surface area contributed by atoms with Crippen molar-refractivity contribution in [2.45, 2.75) is 38.0 Å². The molecule has 1 aliphatic carbocycles. The van der Waals surface area contributed by atoms with Crippen molar-refractivity contribution in [3.8, 4) is 0 Å². The van der Waals surface area contributed by atoms with Crippen LogP contribution < -0.4 is 10.2 Å². The van der Waals surface area contributed by atoms with Crippen molar-refractivity contribution in [2.24, 2.45) is 0 Å². The summed E-state index contributed by atoms with van der Waals surface area (Å²) in [5.74, 6) is 2.55. The Morgan fingerprint density at radius 3 is 3.00 bits per heavy atom. The van der Waals surface area contributed by atoms with E-state index < -0.39 is 0 Å². The summed E-state index contributed by atoms with van der Waals surface area (Å²) in [6.45, 7) is 3.93. The number of anilines is 2. The Hall–Kier alpha value is -2.24. The maximum absolute atomic E-state index is 4.80. The molecular weight excluding hydrogens is 288 g/mol. The zero-order valence-corrected chi connectivity index (χ0v) is 13.7. The van der Waals surface area contributed by atoms with Crippen LogP contribution in [0.25, 0.3) is 0 Å². The lowest BCUT2D eigenvalue weighted by atomic mass is 9.77. The largest absolute Gasteiger partial charge is 0.373 e. The molecule has 0 bridgehead atoms. The first kappa shape index (κ1) is 14.4. The monoisotopic (exact) mass is 310 g/mol. The van der Waals surface area contributed by atoms with Crippen molar-refractivity contribution in [2.75, 3.05) is 30.4 Å². The first-order valence-corrected chi connectivity index (χ1v) is 8.29. The molecular formula is C17H22N6. The molecule has 3 heterocycles. The molecule has 1 unspecified atom stereocenters. The van der Waals surface area contributed by atoms with E-state index in [0.717, 1.165) is 49.9 Å². The van der Waals surface area contributed by atoms with Crippen molar-refractivity contribution < 1.29 is 0 Å². The Kier molecular flexibility index (Phi) is 3.39. The van der Waals surface area contributed by atoms with Crippen molar-refractivity contribution in [3.63, 3.8) is 0 Å². The predicted octanol–water partition coefficient (Wildman–Crippen LogP) is 2.10. The highest BCUT2D eigenvalue weighted by Gasteiger charge is 2.44. The molecule has 1 atom stereocenters. The zero-order valence-electron chi connectivity index (χ0n) is 13.7. The number of aromatic nitrogens is 4. The molecule has 1 saturated heterocycles. The van der Waals surface area contributed by atoms with E-state index in [1.54, 1.807) is 0 Å². The SMILES string of the molecule is CNc1ccnc(N2CCCC3(CCc4cnc(C)nc43)C2)n1. The van der Waals surface area contributed by atoms with Gasteiger partial charge in [-0.3, -0.25) is 0 Å². The second kappa shape index (κ2) is 5.44. The van der Waals surface area contributed by atoms with Crippen molar-refractivity contribution in [1.82, 2.24) is 19.9 Å². The lowest BCUT2D eigenvalue weighted by molar-refractivity contribution is 0.331. The van der Waals surface area contributed by atoms with E-state index in [1.165, 1.54) is 17.7 Å². The Morgan fingerprint density at radius 1 is 1.22 bits per heavy atom. The number of hydrogen-bond donors (Lipinski definition) is 1. The van der Waals surface area contributed by atoms with Crippen LogP contribution >= 0.6 is 0 Å². The van der Waals surface area contributed by atoms with Crippen LogP contribution in [0.5, 0.6) is 0 Å². The van der Waals surface area contributed by atoms with Crippen LogP contribution in [0, 0.1) is 6.92 Å². The van der Waals surface area contributed by atoms with Gasteiger partial charge in [0.2, 0.25) is 5.95 Å². The van der Waals surface area contributed by atoms with Crippen molar-refractivity contribution in [1.29, 1.82) is 0 Å². The Labute approximate surface area is 136 Å². The van der Waals surface area contributed by atoms with Gasteiger partial charge in [-0.05, 0) is 44.2 Å². The van der Waals surface area contributed by atoms with Crippen LogP contribution in [-0.2, 0) is 11.8 Å². The van der Waals surface area contributed by atoms with Gasteiger partial charge in [-0.2, -0.15) is 4.98 Å². The fourth-order valence-electron chi connectivity index (χ4n) is 3.97. The molecule has 4 rings (SSSR count). The van der Waals surface area contributed by atoms with Crippen LogP contribution in [0.1, 0.15) is 36.3 Å². The van der Waals surface area contributed by atoms with Gasteiger partial charge in [0, 0.05) is 37.9 Å². The molecule has 0 radical (unpaired) electrons. The average molecular weight is 310 g/mol. The lowest BCUT2D eigenvalue weighted by Gasteiger charge is -2.40. The molecule has 1 fully saturated rings. The normalized spacial score (nSPS) is 23.1. The average Bonchev–Trinajstić information content (AvgIpc) is 2.92. The Bertz CT molecular complexity index is 727. The molecule has 0 amide bonds. The standard InChI is InChI=1S/C17H22N6/c1-12-20-10-13-4-7-17(15(13)21-12)6-3-9-23(11-17)16-19-8-5-14(18-2)22-16/h5,8,10H,3-4,6-7,9,11H2,1-2H3,(H,18,19,22). The van der Waals surface area contributed by atoms with Gasteiger partial charge < -0.3 is 10.2 Å². The highest BCUT2D eigenvalue weighted by Crippen LogP contribution is 2.44. The second-order valence-corrected chi connectivity index (χ2v) is 6.59. The van der Waals surface area contributed by atoms with E-state index in [4.69, 9.17) is 4.98 Å². The van der Waals surface area contributed by atoms with Crippen LogP contribution in [0.15, 0.2) is 18.5 Å².